The van der Waals surface area contributed by atoms with Gasteiger partial charge < -0.3 is 9.30 Å². The van der Waals surface area contributed by atoms with E-state index in [9.17, 15) is 5.48 Å². The molecule has 9 heteroatoms. The van der Waals surface area contributed by atoms with Crippen LogP contribution in [0.4, 0.5) is 22.7 Å². The Hall–Kier alpha value is -7.63. The molecule has 0 unspecified atom stereocenters. The number of fused-ring (bicyclic) bond motifs is 4. The first-order chi connectivity index (χ1) is 39.5. The summed E-state index contributed by atoms with van der Waals surface area (Å²) in [6.07, 6.45) is 1.83. The van der Waals surface area contributed by atoms with Crippen molar-refractivity contribution < 1.29 is 39.5 Å². The maximum absolute atomic E-state index is 9.34. The molecule has 11 rings (SSSR count). The van der Waals surface area contributed by atoms with Crippen molar-refractivity contribution in [3.05, 3.63) is 198 Å². The fourth-order valence-corrected chi connectivity index (χ4v) is 9.44. The van der Waals surface area contributed by atoms with E-state index in [-0.39, 0.29) is 60.2 Å². The predicted octanol–water partition coefficient (Wildman–Crippen LogP) is 16.4. The summed E-state index contributed by atoms with van der Waals surface area (Å²) in [6.45, 7) is 24.3. The zero-order valence-corrected chi connectivity index (χ0v) is 46.3. The Balaban J connectivity index is 0.00000803. The molecule has 0 N–H and O–H groups in total. The Labute approximate surface area is 469 Å². The first kappa shape index (κ1) is 39.8. The Bertz CT molecular complexity index is 4380. The van der Waals surface area contributed by atoms with Crippen molar-refractivity contribution in [1.82, 2.24) is 33.7 Å². The van der Waals surface area contributed by atoms with Crippen LogP contribution in [0.3, 0.4) is 0 Å². The average Bonchev–Trinajstić information content (AvgIpc) is 1.75. The van der Waals surface area contributed by atoms with E-state index in [0.29, 0.717) is 73.9 Å². The second-order valence-electron chi connectivity index (χ2n) is 21.8. The molecule has 0 saturated heterocycles. The van der Waals surface area contributed by atoms with Crippen molar-refractivity contribution in [1.29, 1.82) is 0 Å². The van der Waals surface area contributed by atoms with E-state index < -0.39 is 71.3 Å². The molecule has 0 amide bonds. The number of pyridine rings is 1. The molecule has 0 saturated carbocycles. The molecule has 0 spiro atoms. The largest absolute Gasteiger partial charge is 2.00 e. The van der Waals surface area contributed by atoms with Gasteiger partial charge in [-0.05, 0) is 93.3 Å². The fraction of sp³-hybridized carbons (Fsp3) is 0.227. The molecule has 4 heterocycles. The number of nitrogens with zero attached hydrogens (tertiary/aromatic N) is 7. The minimum Gasteiger partial charge on any atom is -0.508 e. The Morgan fingerprint density at radius 3 is 1.79 bits per heavy atom. The molecule has 374 valence electrons. The van der Waals surface area contributed by atoms with E-state index in [2.05, 4.69) is 103 Å². The van der Waals surface area contributed by atoms with E-state index in [1.165, 1.54) is 0 Å². The number of hydrogen-bond donors (Lipinski definition) is 0. The van der Waals surface area contributed by atoms with Gasteiger partial charge in [-0.25, -0.2) is 19.9 Å². The zero-order chi connectivity index (χ0) is 60.5. The zero-order valence-electron chi connectivity index (χ0n) is 54.0. The number of para-hydroxylation sites is 3. The van der Waals surface area contributed by atoms with Gasteiger partial charge in [0.15, 0.2) is 0 Å². The van der Waals surface area contributed by atoms with Crippen LogP contribution in [0.25, 0.3) is 61.3 Å². The van der Waals surface area contributed by atoms with Crippen LogP contribution in [0.2, 0.25) is 0 Å². The van der Waals surface area contributed by atoms with Crippen molar-refractivity contribution in [2.24, 2.45) is 0 Å². The van der Waals surface area contributed by atoms with Crippen LogP contribution >= 0.6 is 0 Å². The monoisotopic (exact) mass is 1170 g/mol. The Kier molecular flexibility index (Phi) is 10.2. The van der Waals surface area contributed by atoms with Crippen molar-refractivity contribution in [3.63, 3.8) is 0 Å². The van der Waals surface area contributed by atoms with Gasteiger partial charge in [-0.3, -0.25) is 0 Å². The van der Waals surface area contributed by atoms with E-state index >= 15 is 0 Å². The van der Waals surface area contributed by atoms with Gasteiger partial charge in [0.25, 0.3) is 11.4 Å². The summed E-state index contributed by atoms with van der Waals surface area (Å²) in [5.41, 5.74) is 5.74. The number of benzene rings is 7. The van der Waals surface area contributed by atoms with Crippen LogP contribution < -0.4 is 13.9 Å². The molecular weight excluding hydrogens is 1100 g/mol. The van der Waals surface area contributed by atoms with Gasteiger partial charge in [-0.1, -0.05) is 175 Å². The molecule has 0 radical (unpaired) electrons. The number of aromatic nitrogens is 5. The molecule has 75 heavy (non-hydrogen) atoms. The van der Waals surface area contributed by atoms with Crippen LogP contribution in [-0.4, -0.2) is 30.5 Å². The molecule has 3 aromatic heterocycles. The van der Waals surface area contributed by atoms with Crippen molar-refractivity contribution in [2.45, 2.75) is 99.3 Å². The first-order valence-electron chi connectivity index (χ1n) is 29.7. The SMILES string of the molecule is [2H]c1c([2H])c([2H])c(-c2c(C)c(C)c(C)c(-c3c([2H])c([2H])c([2H])c([2H])c3[2H])c2[N+]2=C=[N+](c3[c-]c(Oc4[c-]c5c(cc4-c4nc(C(C)(C)C)nc(C(C)(C)C)n4)c4ccccc4n5-c4cc(C(C)(C)C)ccn4)ccc3)c3ccccc32)c([2H])c1[2H].[Pt+2]. The van der Waals surface area contributed by atoms with E-state index in [1.54, 1.807) is 36.0 Å². The molecule has 0 aliphatic carbocycles. The maximum Gasteiger partial charge on any atom is 2.00 e. The third kappa shape index (κ3) is 9.26. The van der Waals surface area contributed by atoms with Crippen LogP contribution in [0.15, 0.2) is 152 Å². The summed E-state index contributed by atoms with van der Waals surface area (Å²) in [4.78, 5) is 20.3. The minimum absolute atomic E-state index is 0. The quantitative estimate of drug-likeness (QED) is 0.112. The molecule has 0 fully saturated rings. The molecule has 1 aliphatic heterocycles. The molecule has 1 aliphatic rings. The minimum atomic E-state index is -0.580. The third-order valence-corrected chi connectivity index (χ3v) is 13.6. The summed E-state index contributed by atoms with van der Waals surface area (Å²) < 4.78 is 102. The molecule has 0 bridgehead atoms. The number of rotatable bonds is 8. The summed E-state index contributed by atoms with van der Waals surface area (Å²) in [5.74, 6) is 2.89. The van der Waals surface area contributed by atoms with E-state index in [0.717, 1.165) is 21.9 Å². The second kappa shape index (κ2) is 19.3. The fourth-order valence-electron chi connectivity index (χ4n) is 9.44. The average molecular weight is 1170 g/mol. The first-order valence-corrected chi connectivity index (χ1v) is 24.7. The van der Waals surface area contributed by atoms with Crippen molar-refractivity contribution in [2.75, 3.05) is 0 Å². The van der Waals surface area contributed by atoms with Crippen LogP contribution in [0.5, 0.6) is 11.5 Å². The van der Waals surface area contributed by atoms with Crippen LogP contribution in [0.1, 0.15) is 110 Å². The van der Waals surface area contributed by atoms with Gasteiger partial charge in [0.05, 0.1) is 24.8 Å². The molecular formula is C66H61N7OPt+2. The number of hydrogen-bond acceptors (Lipinski definition) is 5. The summed E-state index contributed by atoms with van der Waals surface area (Å²) in [5, 5.41) is 1.83. The normalized spacial score (nSPS) is 14.5. The molecule has 10 aromatic rings. The third-order valence-electron chi connectivity index (χ3n) is 13.6. The van der Waals surface area contributed by atoms with Gasteiger partial charge >= 0.3 is 27.1 Å². The van der Waals surface area contributed by atoms with Gasteiger partial charge in [0.2, 0.25) is 5.69 Å². The molecule has 8 nitrogen and oxygen atoms in total. The standard InChI is InChI=1S/C66H61N7O.Pt/c1-41-42(2)58(44-24-15-13-16-25-44)60(59(43(41)3)45-26-17-14-18-27-45)72-40-71(53-32-21-22-33-54(53)72)47-28-23-29-48(37-47)74-56-39-55-50(38-51(56)61-68-62(65(7,8)9)70-63(69-61)66(10,11)12)49-30-19-20-31-52(49)73(55)57-36-46(34-35-67-57)64(4,5)6;/h13-36,38H,1-12H3;/q;+2/i13D,14D,15D,16D,17D,18D,24D,25D,26D,27D;. The van der Waals surface area contributed by atoms with Gasteiger partial charge in [0, 0.05) is 46.2 Å². The second-order valence-corrected chi connectivity index (χ2v) is 21.8. The van der Waals surface area contributed by atoms with Crippen molar-refractivity contribution in [3.8, 4) is 51.0 Å². The van der Waals surface area contributed by atoms with Gasteiger partial charge in [0.1, 0.15) is 29.0 Å². The topological polar surface area (TPSA) is 71.7 Å². The predicted molar refractivity (Wildman–Crippen MR) is 304 cm³/mol. The Morgan fingerprint density at radius 1 is 0.600 bits per heavy atom. The summed E-state index contributed by atoms with van der Waals surface area (Å²) in [6, 6.07) is 32.6. The summed E-state index contributed by atoms with van der Waals surface area (Å²) in [7, 11) is 0. The molecule has 7 aromatic carbocycles. The van der Waals surface area contributed by atoms with Gasteiger partial charge in [-0.2, -0.15) is 6.07 Å². The smallest absolute Gasteiger partial charge is 0.508 e. The van der Waals surface area contributed by atoms with Crippen molar-refractivity contribution >= 4 is 50.6 Å². The van der Waals surface area contributed by atoms with Crippen LogP contribution in [0, 0.1) is 32.9 Å². The van der Waals surface area contributed by atoms with Gasteiger partial charge in [-0.15, -0.1) is 23.6 Å². The number of ether oxygens (including phenoxy) is 1. The molecule has 0 atom stereocenters. The van der Waals surface area contributed by atoms with E-state index in [4.69, 9.17) is 32.9 Å². The van der Waals surface area contributed by atoms with Crippen LogP contribution in [-0.2, 0) is 37.3 Å². The maximum atomic E-state index is 9.34. The van der Waals surface area contributed by atoms with E-state index in [1.807, 2.05) is 66.9 Å². The summed E-state index contributed by atoms with van der Waals surface area (Å²) >= 11 is 0. The Morgan fingerprint density at radius 2 is 1.19 bits per heavy atom.